The van der Waals surface area contributed by atoms with E-state index < -0.39 is 0 Å². The average molecular weight is 235 g/mol. The summed E-state index contributed by atoms with van der Waals surface area (Å²) < 4.78 is 0. The monoisotopic (exact) mass is 235 g/mol. The number of rotatable bonds is 2. The number of nitrogens with zero attached hydrogens (tertiary/aromatic N) is 3. The number of aromatic nitrogens is 2. The summed E-state index contributed by atoms with van der Waals surface area (Å²) >= 11 is 0. The van der Waals surface area contributed by atoms with E-state index in [1.54, 1.807) is 0 Å². The van der Waals surface area contributed by atoms with Gasteiger partial charge in [0.05, 0.1) is 0 Å². The van der Waals surface area contributed by atoms with Crippen molar-refractivity contribution in [2.75, 3.05) is 18.0 Å². The van der Waals surface area contributed by atoms with Crippen LogP contribution in [0.3, 0.4) is 0 Å². The van der Waals surface area contributed by atoms with Crippen molar-refractivity contribution >= 4 is 5.95 Å². The second kappa shape index (κ2) is 7.25. The second-order valence-electron chi connectivity index (χ2n) is 4.87. The third kappa shape index (κ3) is 4.33. The molecule has 0 bridgehead atoms. The van der Waals surface area contributed by atoms with Crippen LogP contribution in [-0.4, -0.2) is 23.1 Å². The van der Waals surface area contributed by atoms with Gasteiger partial charge in [-0.2, -0.15) is 0 Å². The molecule has 96 valence electrons. The fourth-order valence-electron chi connectivity index (χ4n) is 1.71. The van der Waals surface area contributed by atoms with Gasteiger partial charge in [-0.15, -0.1) is 0 Å². The highest BCUT2D eigenvalue weighted by Gasteiger charge is 2.14. The summed E-state index contributed by atoms with van der Waals surface area (Å²) in [5.74, 6) is 1.41. The van der Waals surface area contributed by atoms with E-state index in [1.165, 1.54) is 24.8 Å². The lowest BCUT2D eigenvalue weighted by Crippen LogP contribution is -2.20. The van der Waals surface area contributed by atoms with Gasteiger partial charge in [-0.1, -0.05) is 34.1 Å². The van der Waals surface area contributed by atoms with E-state index >= 15 is 0 Å². The van der Waals surface area contributed by atoms with Crippen molar-refractivity contribution in [3.63, 3.8) is 0 Å². The summed E-state index contributed by atoms with van der Waals surface area (Å²) in [4.78, 5) is 11.0. The zero-order valence-corrected chi connectivity index (χ0v) is 11.6. The van der Waals surface area contributed by atoms with E-state index in [-0.39, 0.29) is 0 Å². The first-order valence-corrected chi connectivity index (χ1v) is 6.75. The van der Waals surface area contributed by atoms with E-state index in [9.17, 15) is 0 Å². The van der Waals surface area contributed by atoms with E-state index in [0.29, 0.717) is 5.92 Å². The van der Waals surface area contributed by atoms with Gasteiger partial charge in [-0.3, -0.25) is 0 Å². The molecule has 0 aliphatic carbocycles. The van der Waals surface area contributed by atoms with Gasteiger partial charge in [0.15, 0.2) is 0 Å². The Balaban J connectivity index is 0.000000437. The molecule has 1 saturated heterocycles. The summed E-state index contributed by atoms with van der Waals surface area (Å²) in [6.07, 6.45) is 7.70. The predicted molar refractivity (Wildman–Crippen MR) is 73.5 cm³/mol. The van der Waals surface area contributed by atoms with E-state index in [2.05, 4.69) is 42.6 Å². The van der Waals surface area contributed by atoms with Gasteiger partial charge in [0, 0.05) is 25.5 Å². The fraction of sp³-hybridized carbons (Fsp3) is 0.714. The van der Waals surface area contributed by atoms with E-state index in [0.717, 1.165) is 19.0 Å². The molecule has 0 N–H and O–H groups in total. The maximum Gasteiger partial charge on any atom is 0.225 e. The zero-order chi connectivity index (χ0) is 12.7. The molecule has 1 aliphatic heterocycles. The standard InChI is InChI=1S/C11H17N3.C3H8/c1-9(2)10-7-12-11(13-8-10)14-5-3-4-6-14;1-3-2/h7-9H,3-6H2,1-2H3;3H2,1-2H3. The topological polar surface area (TPSA) is 29.0 Å². The normalized spacial score (nSPS) is 14.8. The van der Waals surface area contributed by atoms with Crippen LogP contribution in [0.5, 0.6) is 0 Å². The SMILES string of the molecule is CC(C)c1cnc(N2CCCC2)nc1.CCC. The van der Waals surface area contributed by atoms with E-state index in [1.807, 2.05) is 12.4 Å². The molecule has 1 aliphatic rings. The van der Waals surface area contributed by atoms with Crippen molar-refractivity contribution in [3.05, 3.63) is 18.0 Å². The second-order valence-corrected chi connectivity index (χ2v) is 4.87. The Morgan fingerprint density at radius 2 is 1.59 bits per heavy atom. The molecule has 0 radical (unpaired) electrons. The zero-order valence-electron chi connectivity index (χ0n) is 11.6. The van der Waals surface area contributed by atoms with Crippen molar-refractivity contribution in [3.8, 4) is 0 Å². The van der Waals surface area contributed by atoms with Gasteiger partial charge in [0.2, 0.25) is 5.95 Å². The highest BCUT2D eigenvalue weighted by Crippen LogP contribution is 2.17. The van der Waals surface area contributed by atoms with Crippen molar-refractivity contribution in [1.29, 1.82) is 0 Å². The molecule has 3 heteroatoms. The lowest BCUT2D eigenvalue weighted by molar-refractivity contribution is 0.829. The molecule has 0 spiro atoms. The summed E-state index contributed by atoms with van der Waals surface area (Å²) in [7, 11) is 0. The van der Waals surface area contributed by atoms with Crippen LogP contribution in [0, 0.1) is 0 Å². The van der Waals surface area contributed by atoms with Crippen LogP contribution in [0.1, 0.15) is 58.4 Å². The average Bonchev–Trinajstić information content (AvgIpc) is 2.83. The van der Waals surface area contributed by atoms with E-state index in [4.69, 9.17) is 0 Å². The molecule has 17 heavy (non-hydrogen) atoms. The van der Waals surface area contributed by atoms with Crippen LogP contribution in [0.2, 0.25) is 0 Å². The van der Waals surface area contributed by atoms with Gasteiger partial charge >= 0.3 is 0 Å². The molecule has 1 fully saturated rings. The van der Waals surface area contributed by atoms with Gasteiger partial charge in [-0.25, -0.2) is 9.97 Å². The van der Waals surface area contributed by atoms with Crippen LogP contribution >= 0.6 is 0 Å². The first-order valence-electron chi connectivity index (χ1n) is 6.75. The minimum Gasteiger partial charge on any atom is -0.341 e. The van der Waals surface area contributed by atoms with Crippen molar-refractivity contribution in [1.82, 2.24) is 9.97 Å². The number of hydrogen-bond donors (Lipinski definition) is 0. The van der Waals surface area contributed by atoms with Crippen LogP contribution in [0.4, 0.5) is 5.95 Å². The quantitative estimate of drug-likeness (QED) is 0.784. The Morgan fingerprint density at radius 3 is 2.00 bits per heavy atom. The Bertz CT molecular complexity index is 300. The van der Waals surface area contributed by atoms with Gasteiger partial charge in [0.25, 0.3) is 0 Å². The molecule has 2 rings (SSSR count). The number of hydrogen-bond acceptors (Lipinski definition) is 3. The van der Waals surface area contributed by atoms with Crippen LogP contribution in [0.25, 0.3) is 0 Å². The Morgan fingerprint density at radius 1 is 1.12 bits per heavy atom. The predicted octanol–water partition coefficient (Wildman–Crippen LogP) is 3.62. The fourth-order valence-corrected chi connectivity index (χ4v) is 1.71. The Kier molecular flexibility index (Phi) is 5.95. The molecule has 0 atom stereocenters. The summed E-state index contributed by atoms with van der Waals surface area (Å²) in [6.45, 7) is 10.8. The van der Waals surface area contributed by atoms with Crippen molar-refractivity contribution in [2.24, 2.45) is 0 Å². The Hall–Kier alpha value is -1.12. The van der Waals surface area contributed by atoms with Gasteiger partial charge in [0.1, 0.15) is 0 Å². The third-order valence-corrected chi connectivity index (χ3v) is 2.71. The molecule has 0 unspecified atom stereocenters. The molecular weight excluding hydrogens is 210 g/mol. The highest BCUT2D eigenvalue weighted by atomic mass is 15.3. The summed E-state index contributed by atoms with van der Waals surface area (Å²) in [6, 6.07) is 0. The number of anilines is 1. The molecule has 1 aromatic rings. The summed E-state index contributed by atoms with van der Waals surface area (Å²) in [5.41, 5.74) is 1.22. The molecule has 0 saturated carbocycles. The molecule has 2 heterocycles. The smallest absolute Gasteiger partial charge is 0.225 e. The molecule has 0 aromatic carbocycles. The van der Waals surface area contributed by atoms with Crippen LogP contribution in [0.15, 0.2) is 12.4 Å². The van der Waals surface area contributed by atoms with Crippen molar-refractivity contribution in [2.45, 2.75) is 52.9 Å². The lowest BCUT2D eigenvalue weighted by Gasteiger charge is -2.15. The molecule has 0 amide bonds. The van der Waals surface area contributed by atoms with Gasteiger partial charge in [-0.05, 0) is 24.3 Å². The van der Waals surface area contributed by atoms with Crippen LogP contribution < -0.4 is 4.90 Å². The minimum absolute atomic E-state index is 0.516. The summed E-state index contributed by atoms with van der Waals surface area (Å²) in [5, 5.41) is 0. The maximum atomic E-state index is 4.40. The lowest BCUT2D eigenvalue weighted by atomic mass is 10.1. The minimum atomic E-state index is 0.516. The Labute approximate surface area is 105 Å². The molecular formula is C14H25N3. The van der Waals surface area contributed by atoms with Crippen molar-refractivity contribution < 1.29 is 0 Å². The largest absolute Gasteiger partial charge is 0.341 e. The first kappa shape index (κ1) is 13.9. The molecule has 3 nitrogen and oxygen atoms in total. The molecule has 1 aromatic heterocycles. The highest BCUT2D eigenvalue weighted by molar-refractivity contribution is 5.31. The van der Waals surface area contributed by atoms with Crippen LogP contribution in [-0.2, 0) is 0 Å². The first-order chi connectivity index (χ1) is 8.19. The third-order valence-electron chi connectivity index (χ3n) is 2.71. The van der Waals surface area contributed by atoms with Gasteiger partial charge < -0.3 is 4.90 Å². The maximum absolute atomic E-state index is 4.40.